The topological polar surface area (TPSA) is 124 Å². The van der Waals surface area contributed by atoms with Gasteiger partial charge in [0, 0.05) is 18.7 Å². The summed E-state index contributed by atoms with van der Waals surface area (Å²) in [7, 11) is -2.16. The highest BCUT2D eigenvalue weighted by Crippen LogP contribution is 2.29. The summed E-state index contributed by atoms with van der Waals surface area (Å²) in [6, 6.07) is 12.7. The van der Waals surface area contributed by atoms with Crippen LogP contribution < -0.4 is 10.1 Å². The number of carbonyl (C=O) groups is 1. The van der Waals surface area contributed by atoms with E-state index in [9.17, 15) is 13.2 Å². The maximum Gasteiger partial charge on any atom is 0.322 e. The van der Waals surface area contributed by atoms with Crippen LogP contribution in [0, 0.1) is 0 Å². The molecule has 0 aliphatic carbocycles. The number of nitrogens with zero attached hydrogens (tertiary/aromatic N) is 3. The second-order valence-corrected chi connectivity index (χ2v) is 9.61. The Morgan fingerprint density at radius 1 is 1.06 bits per heavy atom. The summed E-state index contributed by atoms with van der Waals surface area (Å²) in [5, 5.41) is 10.3. The second-order valence-electron chi connectivity index (χ2n) is 7.67. The first-order valence-corrected chi connectivity index (χ1v) is 11.8. The highest BCUT2D eigenvalue weighted by atomic mass is 32.2. The van der Waals surface area contributed by atoms with Gasteiger partial charge in [0.2, 0.25) is 10.0 Å². The zero-order valence-corrected chi connectivity index (χ0v) is 19.2. The van der Waals surface area contributed by atoms with Gasteiger partial charge in [-0.3, -0.25) is 10.1 Å². The number of methoxy groups -OCH3 is 1. The van der Waals surface area contributed by atoms with Crippen LogP contribution in [0.5, 0.6) is 5.75 Å². The summed E-state index contributed by atoms with van der Waals surface area (Å²) >= 11 is 0. The van der Waals surface area contributed by atoms with E-state index in [1.165, 1.54) is 35.7 Å². The third-order valence-electron chi connectivity index (χ3n) is 5.12. The lowest BCUT2D eigenvalue weighted by atomic mass is 10.2. The molecule has 1 aliphatic rings. The van der Waals surface area contributed by atoms with E-state index < -0.39 is 15.9 Å². The van der Waals surface area contributed by atoms with Gasteiger partial charge in [-0.2, -0.15) is 4.31 Å². The Hall–Kier alpha value is -3.28. The van der Waals surface area contributed by atoms with Crippen LogP contribution in [-0.4, -0.2) is 61.2 Å². The molecule has 1 N–H and O–H groups in total. The zero-order chi connectivity index (χ0) is 23.6. The molecule has 1 aromatic heterocycles. The number of sulfonamides is 1. The lowest BCUT2D eigenvalue weighted by Crippen LogP contribution is -2.48. The van der Waals surface area contributed by atoms with Crippen molar-refractivity contribution in [1.82, 2.24) is 14.5 Å². The molecular weight excluding hydrogens is 448 g/mol. The molecule has 11 heteroatoms. The van der Waals surface area contributed by atoms with Gasteiger partial charge in [-0.15, -0.1) is 5.10 Å². The number of anilines is 1. The van der Waals surface area contributed by atoms with Crippen molar-refractivity contribution < 1.29 is 27.1 Å². The Labute approximate surface area is 191 Å². The van der Waals surface area contributed by atoms with Crippen LogP contribution in [0.4, 0.5) is 6.01 Å². The highest BCUT2D eigenvalue weighted by molar-refractivity contribution is 7.89. The van der Waals surface area contributed by atoms with Crippen LogP contribution in [0.3, 0.4) is 0 Å². The van der Waals surface area contributed by atoms with Gasteiger partial charge in [0.15, 0.2) is 0 Å². The Balaban J connectivity index is 1.47. The van der Waals surface area contributed by atoms with Crippen molar-refractivity contribution in [3.8, 4) is 17.2 Å². The monoisotopic (exact) mass is 472 g/mol. The molecule has 1 aliphatic heterocycles. The largest absolute Gasteiger partial charge is 0.496 e. The zero-order valence-electron chi connectivity index (χ0n) is 18.4. The summed E-state index contributed by atoms with van der Waals surface area (Å²) in [5.41, 5.74) is 0.837. The van der Waals surface area contributed by atoms with Gasteiger partial charge in [0.05, 0.1) is 29.8 Å². The van der Waals surface area contributed by atoms with E-state index in [0.717, 1.165) is 0 Å². The summed E-state index contributed by atoms with van der Waals surface area (Å²) in [5.74, 6) is 0.237. The average molecular weight is 473 g/mol. The van der Waals surface area contributed by atoms with Crippen molar-refractivity contribution in [2.24, 2.45) is 0 Å². The molecule has 3 aromatic rings. The number of carbonyl (C=O) groups excluding carboxylic acids is 1. The molecule has 0 unspecified atom stereocenters. The van der Waals surface area contributed by atoms with Gasteiger partial charge < -0.3 is 13.9 Å². The number of rotatable bonds is 6. The van der Waals surface area contributed by atoms with Gasteiger partial charge >= 0.3 is 6.01 Å². The maximum atomic E-state index is 13.0. The fraction of sp³-hybridized carbons (Fsp3) is 0.318. The minimum Gasteiger partial charge on any atom is -0.496 e. The van der Waals surface area contributed by atoms with E-state index in [1.54, 1.807) is 18.2 Å². The first-order valence-electron chi connectivity index (χ1n) is 10.3. The number of aromatic nitrogens is 2. The van der Waals surface area contributed by atoms with Crippen molar-refractivity contribution in [2.45, 2.75) is 31.0 Å². The Morgan fingerprint density at radius 3 is 2.39 bits per heavy atom. The highest BCUT2D eigenvalue weighted by Gasteiger charge is 2.32. The minimum atomic E-state index is -3.69. The first kappa shape index (κ1) is 22.9. The molecule has 2 aromatic carbocycles. The molecule has 174 valence electrons. The van der Waals surface area contributed by atoms with E-state index in [2.05, 4.69) is 15.5 Å². The van der Waals surface area contributed by atoms with Crippen molar-refractivity contribution in [2.75, 3.05) is 25.5 Å². The van der Waals surface area contributed by atoms with Gasteiger partial charge in [0.1, 0.15) is 5.75 Å². The van der Waals surface area contributed by atoms with Crippen molar-refractivity contribution in [3.05, 3.63) is 54.1 Å². The van der Waals surface area contributed by atoms with Crippen LogP contribution in [0.1, 0.15) is 24.2 Å². The molecule has 2 heterocycles. The Kier molecular flexibility index (Phi) is 6.45. The molecule has 1 saturated heterocycles. The molecule has 0 bridgehead atoms. The standard InChI is InChI=1S/C22H24N4O6S/c1-14-12-26(13-15(2)31-14)33(28,29)17-10-8-16(9-11-17)20(27)23-22-25-24-21(32-22)18-6-4-5-7-19(18)30-3/h4-11,14-15H,12-13H2,1-3H3,(H,23,25,27)/t14-,15-/m0/s1. The van der Waals surface area contributed by atoms with Gasteiger partial charge in [0.25, 0.3) is 11.8 Å². The van der Waals surface area contributed by atoms with Gasteiger partial charge in [-0.25, -0.2) is 8.42 Å². The van der Waals surface area contributed by atoms with E-state index in [0.29, 0.717) is 11.3 Å². The fourth-order valence-corrected chi connectivity index (χ4v) is 5.22. The Morgan fingerprint density at radius 2 is 1.73 bits per heavy atom. The lowest BCUT2D eigenvalue weighted by Gasteiger charge is -2.34. The molecule has 2 atom stereocenters. The van der Waals surface area contributed by atoms with Crippen LogP contribution >= 0.6 is 0 Å². The fourth-order valence-electron chi connectivity index (χ4n) is 3.63. The Bertz CT molecular complexity index is 1230. The number of nitrogens with one attached hydrogen (secondary N) is 1. The van der Waals surface area contributed by atoms with Crippen LogP contribution in [-0.2, 0) is 14.8 Å². The van der Waals surface area contributed by atoms with E-state index >= 15 is 0 Å². The number of ether oxygens (including phenoxy) is 2. The molecule has 0 spiro atoms. The van der Waals surface area contributed by atoms with Crippen molar-refractivity contribution >= 4 is 21.9 Å². The summed E-state index contributed by atoms with van der Waals surface area (Å²) in [4.78, 5) is 12.7. The molecule has 4 rings (SSSR count). The minimum absolute atomic E-state index is 0.0890. The number of para-hydroxylation sites is 1. The molecule has 1 fully saturated rings. The van der Waals surface area contributed by atoms with Crippen LogP contribution in [0.2, 0.25) is 0 Å². The molecule has 33 heavy (non-hydrogen) atoms. The summed E-state index contributed by atoms with van der Waals surface area (Å²) in [6.45, 7) is 4.23. The predicted octanol–water partition coefficient (Wildman–Crippen LogP) is 2.80. The van der Waals surface area contributed by atoms with Crippen molar-refractivity contribution in [1.29, 1.82) is 0 Å². The second kappa shape index (κ2) is 9.30. The summed E-state index contributed by atoms with van der Waals surface area (Å²) < 4.78 is 43.8. The number of hydrogen-bond acceptors (Lipinski definition) is 8. The molecular formula is C22H24N4O6S. The third kappa shape index (κ3) is 4.90. The van der Waals surface area contributed by atoms with Crippen LogP contribution in [0.15, 0.2) is 57.8 Å². The quantitative estimate of drug-likeness (QED) is 0.581. The predicted molar refractivity (Wildman–Crippen MR) is 119 cm³/mol. The van der Waals surface area contributed by atoms with E-state index in [-0.39, 0.29) is 47.7 Å². The number of amides is 1. The van der Waals surface area contributed by atoms with Gasteiger partial charge in [-0.1, -0.05) is 17.2 Å². The molecule has 10 nitrogen and oxygen atoms in total. The van der Waals surface area contributed by atoms with E-state index in [4.69, 9.17) is 13.9 Å². The number of morpholine rings is 1. The molecule has 0 radical (unpaired) electrons. The normalized spacial score (nSPS) is 19.2. The molecule has 0 saturated carbocycles. The number of benzene rings is 2. The smallest absolute Gasteiger partial charge is 0.322 e. The van der Waals surface area contributed by atoms with Crippen molar-refractivity contribution in [3.63, 3.8) is 0 Å². The lowest BCUT2D eigenvalue weighted by molar-refractivity contribution is -0.0440. The number of hydrogen-bond donors (Lipinski definition) is 1. The maximum absolute atomic E-state index is 13.0. The summed E-state index contributed by atoms with van der Waals surface area (Å²) in [6.07, 6.45) is -0.382. The van der Waals surface area contributed by atoms with Crippen LogP contribution in [0.25, 0.3) is 11.5 Å². The van der Waals surface area contributed by atoms with E-state index in [1.807, 2.05) is 19.9 Å². The average Bonchev–Trinajstić information content (AvgIpc) is 3.26. The van der Waals surface area contributed by atoms with Gasteiger partial charge in [-0.05, 0) is 50.2 Å². The molecule has 1 amide bonds. The third-order valence-corrected chi connectivity index (χ3v) is 6.97. The SMILES string of the molecule is COc1ccccc1-c1nnc(NC(=O)c2ccc(S(=O)(=O)N3C[C@H](C)O[C@@H](C)C3)cc2)o1. The first-order chi connectivity index (χ1) is 15.8.